The average Bonchev–Trinajstić information content (AvgIpc) is 2.70. The molecular weight excluding hydrogens is 236 g/mol. The smallest absolute Gasteiger partial charge is 0.226 e. The van der Waals surface area contributed by atoms with Gasteiger partial charge < -0.3 is 10.6 Å². The molecule has 0 spiro atoms. The summed E-state index contributed by atoms with van der Waals surface area (Å²) in [5.41, 5.74) is 0.00786. The molecule has 3 nitrogen and oxygen atoms in total. The van der Waals surface area contributed by atoms with E-state index in [0.717, 1.165) is 51.2 Å². The second kappa shape index (κ2) is 6.60. The second-order valence-corrected chi connectivity index (χ2v) is 5.39. The highest BCUT2D eigenvalue weighted by molar-refractivity contribution is 5.85. The summed E-state index contributed by atoms with van der Waals surface area (Å²) in [6.07, 6.45) is 6.84. The van der Waals surface area contributed by atoms with Crippen molar-refractivity contribution in [2.24, 2.45) is 11.3 Å². The molecule has 2 N–H and O–H groups in total. The van der Waals surface area contributed by atoms with Crippen LogP contribution < -0.4 is 10.6 Å². The molecule has 0 aromatic carbocycles. The highest BCUT2D eigenvalue weighted by Gasteiger charge is 2.41. The van der Waals surface area contributed by atoms with Gasteiger partial charge in [0, 0.05) is 12.0 Å². The van der Waals surface area contributed by atoms with Gasteiger partial charge in [0.1, 0.15) is 0 Å². The lowest BCUT2D eigenvalue weighted by Gasteiger charge is -2.39. The van der Waals surface area contributed by atoms with Gasteiger partial charge in [0.25, 0.3) is 0 Å². The van der Waals surface area contributed by atoms with Crippen LogP contribution in [0.2, 0.25) is 0 Å². The Bertz CT molecular complexity index is 242. The fourth-order valence-electron chi connectivity index (χ4n) is 2.88. The minimum Gasteiger partial charge on any atom is -0.356 e. The molecule has 0 aromatic heterocycles. The first-order valence-electron chi connectivity index (χ1n) is 6.76. The van der Waals surface area contributed by atoms with E-state index in [2.05, 4.69) is 17.6 Å². The summed E-state index contributed by atoms with van der Waals surface area (Å²) in [7, 11) is 0. The Morgan fingerprint density at radius 3 is 2.71 bits per heavy atom. The largest absolute Gasteiger partial charge is 0.356 e. The summed E-state index contributed by atoms with van der Waals surface area (Å²) in [4.78, 5) is 12.0. The van der Waals surface area contributed by atoms with Crippen molar-refractivity contribution < 1.29 is 4.79 Å². The van der Waals surface area contributed by atoms with E-state index in [1.54, 1.807) is 0 Å². The van der Waals surface area contributed by atoms with Gasteiger partial charge in [0.15, 0.2) is 0 Å². The summed E-state index contributed by atoms with van der Waals surface area (Å²) in [5, 5.41) is 6.50. The molecule has 2 aliphatic rings. The van der Waals surface area contributed by atoms with Crippen molar-refractivity contribution in [1.29, 1.82) is 0 Å². The molecule has 0 radical (unpaired) electrons. The summed E-state index contributed by atoms with van der Waals surface area (Å²) < 4.78 is 0. The van der Waals surface area contributed by atoms with Crippen molar-refractivity contribution in [1.82, 2.24) is 10.6 Å². The highest BCUT2D eigenvalue weighted by atomic mass is 35.5. The monoisotopic (exact) mass is 260 g/mol. The second-order valence-electron chi connectivity index (χ2n) is 5.39. The summed E-state index contributed by atoms with van der Waals surface area (Å²) >= 11 is 0. The molecule has 2 rings (SSSR count). The molecule has 2 fully saturated rings. The van der Waals surface area contributed by atoms with Crippen LogP contribution in [0.4, 0.5) is 0 Å². The highest BCUT2D eigenvalue weighted by Crippen LogP contribution is 2.43. The van der Waals surface area contributed by atoms with Gasteiger partial charge in [-0.3, -0.25) is 4.79 Å². The first-order chi connectivity index (χ1) is 7.77. The molecule has 17 heavy (non-hydrogen) atoms. The van der Waals surface area contributed by atoms with Crippen LogP contribution in [0.25, 0.3) is 0 Å². The first kappa shape index (κ1) is 14.8. The molecule has 0 bridgehead atoms. The van der Waals surface area contributed by atoms with Crippen LogP contribution in [0.5, 0.6) is 0 Å². The van der Waals surface area contributed by atoms with Crippen molar-refractivity contribution in [3.63, 3.8) is 0 Å². The van der Waals surface area contributed by atoms with Crippen molar-refractivity contribution >= 4 is 18.3 Å². The molecule has 1 saturated carbocycles. The van der Waals surface area contributed by atoms with Crippen LogP contribution >= 0.6 is 12.4 Å². The normalized spacial score (nSPS) is 25.8. The van der Waals surface area contributed by atoms with E-state index in [9.17, 15) is 4.79 Å². The third kappa shape index (κ3) is 3.35. The predicted octanol–water partition coefficient (Wildman–Crippen LogP) is 2.10. The minimum absolute atomic E-state index is 0. The van der Waals surface area contributed by atoms with Crippen molar-refractivity contribution in [2.75, 3.05) is 19.6 Å². The molecule has 1 unspecified atom stereocenters. The van der Waals surface area contributed by atoms with Crippen molar-refractivity contribution in [2.45, 2.75) is 45.4 Å². The lowest BCUT2D eigenvalue weighted by molar-refractivity contribution is -0.136. The fourth-order valence-corrected chi connectivity index (χ4v) is 2.88. The number of hydrogen-bond donors (Lipinski definition) is 2. The zero-order chi connectivity index (χ0) is 11.4. The lowest BCUT2D eigenvalue weighted by Crippen LogP contribution is -2.45. The van der Waals surface area contributed by atoms with Crippen LogP contribution in [-0.4, -0.2) is 25.5 Å². The van der Waals surface area contributed by atoms with E-state index in [-0.39, 0.29) is 17.8 Å². The molecule has 4 heteroatoms. The molecule has 1 aliphatic heterocycles. The van der Waals surface area contributed by atoms with E-state index < -0.39 is 0 Å². The average molecular weight is 261 g/mol. The molecule has 100 valence electrons. The molecule has 1 atom stereocenters. The first-order valence-corrected chi connectivity index (χ1v) is 6.76. The maximum atomic E-state index is 12.0. The zero-order valence-corrected chi connectivity index (χ0v) is 11.6. The topological polar surface area (TPSA) is 41.1 Å². The van der Waals surface area contributed by atoms with Crippen LogP contribution in [0.3, 0.4) is 0 Å². The number of carbonyl (C=O) groups is 1. The number of rotatable bonds is 5. The predicted molar refractivity (Wildman–Crippen MR) is 72.4 cm³/mol. The minimum atomic E-state index is 0. The third-order valence-electron chi connectivity index (χ3n) is 4.47. The number of nitrogens with one attached hydrogen (secondary N) is 2. The van der Waals surface area contributed by atoms with E-state index >= 15 is 0 Å². The summed E-state index contributed by atoms with van der Waals surface area (Å²) in [6, 6.07) is 0. The Balaban J connectivity index is 0.00000144. The quantitative estimate of drug-likeness (QED) is 0.795. The van der Waals surface area contributed by atoms with Gasteiger partial charge >= 0.3 is 0 Å². The molecular formula is C13H25ClN2O. The van der Waals surface area contributed by atoms with Gasteiger partial charge in [0.2, 0.25) is 5.91 Å². The Morgan fingerprint density at radius 2 is 2.24 bits per heavy atom. The van der Waals surface area contributed by atoms with E-state index in [1.807, 2.05) is 0 Å². The summed E-state index contributed by atoms with van der Waals surface area (Å²) in [5.74, 6) is 1.09. The van der Waals surface area contributed by atoms with Gasteiger partial charge in [-0.25, -0.2) is 0 Å². The van der Waals surface area contributed by atoms with E-state index in [1.165, 1.54) is 12.8 Å². The lowest BCUT2D eigenvalue weighted by atomic mass is 9.66. The van der Waals surface area contributed by atoms with E-state index in [4.69, 9.17) is 0 Å². The van der Waals surface area contributed by atoms with Gasteiger partial charge in [-0.1, -0.05) is 13.3 Å². The molecule has 1 saturated heterocycles. The Kier molecular flexibility index (Phi) is 5.74. The summed E-state index contributed by atoms with van der Waals surface area (Å²) in [6.45, 7) is 5.29. The van der Waals surface area contributed by atoms with Crippen LogP contribution in [-0.2, 0) is 4.79 Å². The maximum absolute atomic E-state index is 12.0. The fraction of sp³-hybridized carbons (Fsp3) is 0.923. The number of halogens is 1. The molecule has 1 amide bonds. The Morgan fingerprint density at radius 1 is 1.47 bits per heavy atom. The van der Waals surface area contributed by atoms with E-state index in [0.29, 0.717) is 5.91 Å². The molecule has 1 aliphatic carbocycles. The third-order valence-corrected chi connectivity index (χ3v) is 4.47. The molecule has 1 heterocycles. The van der Waals surface area contributed by atoms with Gasteiger partial charge in [-0.15, -0.1) is 12.4 Å². The van der Waals surface area contributed by atoms with Crippen molar-refractivity contribution in [3.8, 4) is 0 Å². The van der Waals surface area contributed by atoms with Gasteiger partial charge in [-0.05, 0) is 51.1 Å². The van der Waals surface area contributed by atoms with Crippen LogP contribution in [0, 0.1) is 11.3 Å². The zero-order valence-electron chi connectivity index (χ0n) is 10.8. The Labute approximate surface area is 111 Å². The van der Waals surface area contributed by atoms with Crippen molar-refractivity contribution in [3.05, 3.63) is 0 Å². The van der Waals surface area contributed by atoms with Crippen LogP contribution in [0.1, 0.15) is 45.4 Å². The van der Waals surface area contributed by atoms with Gasteiger partial charge in [-0.2, -0.15) is 0 Å². The Hall–Kier alpha value is -0.280. The molecule has 0 aromatic rings. The number of carbonyl (C=O) groups excluding carboxylic acids is 1. The number of hydrogen-bond acceptors (Lipinski definition) is 2. The SMILES string of the molecule is CCC1(C(=O)NCCC2CCNC2)CCC1.Cl. The van der Waals surface area contributed by atoms with Gasteiger partial charge in [0.05, 0.1) is 0 Å². The standard InChI is InChI=1S/C13H24N2O.ClH/c1-2-13(6-3-7-13)12(16)15-9-5-11-4-8-14-10-11;/h11,14H,2-10H2,1H3,(H,15,16);1H. The van der Waals surface area contributed by atoms with Crippen LogP contribution in [0.15, 0.2) is 0 Å². The number of amides is 1. The maximum Gasteiger partial charge on any atom is 0.226 e.